The fraction of sp³-hybridized carbons (Fsp3) is 1.00. The topological polar surface area (TPSA) is 64.5 Å². The van der Waals surface area contributed by atoms with E-state index in [1.807, 2.05) is 0 Å². The normalized spacial score (nSPS) is 34.2. The van der Waals surface area contributed by atoms with Crippen molar-refractivity contribution in [1.29, 1.82) is 0 Å². The molecule has 1 aliphatic rings. The molecule has 1 rings (SSSR count). The summed E-state index contributed by atoms with van der Waals surface area (Å²) in [6, 6.07) is 0.0255. The Morgan fingerprint density at radius 2 is 1.30 bits per heavy atom. The molecule has 0 heterocycles. The lowest BCUT2D eigenvalue weighted by atomic mass is 9.91. The molecule has 0 unspecified atom stereocenters. The Morgan fingerprint density at radius 3 is 1.60 bits per heavy atom. The molecule has 4 heteroatoms. The minimum Gasteiger partial charge on any atom is -0.316 e. The van der Waals surface area contributed by atoms with Crippen LogP contribution in [0.1, 0.15) is 25.7 Å². The van der Waals surface area contributed by atoms with Crippen LogP contribution in [0, 0.1) is 0 Å². The van der Waals surface area contributed by atoms with Gasteiger partial charge in [-0.25, -0.2) is 11.0 Å². The van der Waals surface area contributed by atoms with Gasteiger partial charge in [-0.1, -0.05) is 12.8 Å². The first kappa shape index (κ1) is 7.94. The van der Waals surface area contributed by atoms with E-state index >= 15 is 0 Å². The molecule has 0 saturated heterocycles. The van der Waals surface area contributed by atoms with Crippen LogP contribution in [-0.4, -0.2) is 22.5 Å². The van der Waals surface area contributed by atoms with E-state index in [-0.39, 0.29) is 12.1 Å². The van der Waals surface area contributed by atoms with Gasteiger partial charge in [0, 0.05) is 12.1 Å². The molecular weight excluding hydrogens is 132 g/mol. The van der Waals surface area contributed by atoms with Gasteiger partial charge in [0.15, 0.2) is 0 Å². The number of hydroxylamine groups is 2. The lowest BCUT2D eigenvalue weighted by molar-refractivity contribution is 0.0331. The van der Waals surface area contributed by atoms with Crippen molar-refractivity contribution in [3.8, 4) is 0 Å². The minimum atomic E-state index is 0.0127. The molecule has 0 aromatic rings. The van der Waals surface area contributed by atoms with Gasteiger partial charge in [0.1, 0.15) is 0 Å². The second kappa shape index (κ2) is 3.88. The van der Waals surface area contributed by atoms with Gasteiger partial charge < -0.3 is 10.4 Å². The predicted octanol–water partition coefficient (Wildman–Crippen LogP) is 0.255. The van der Waals surface area contributed by atoms with E-state index < -0.39 is 0 Å². The minimum absolute atomic E-state index is 0.0127. The summed E-state index contributed by atoms with van der Waals surface area (Å²) >= 11 is 0. The lowest BCUT2D eigenvalue weighted by Crippen LogP contribution is -2.47. The SMILES string of the molecule is ON[C@@H]1CCCC[C@H]1NO. The van der Waals surface area contributed by atoms with Crippen LogP contribution in [0.15, 0.2) is 0 Å². The van der Waals surface area contributed by atoms with E-state index in [2.05, 4.69) is 11.0 Å². The van der Waals surface area contributed by atoms with Gasteiger partial charge in [0.05, 0.1) is 0 Å². The van der Waals surface area contributed by atoms with Crippen molar-refractivity contribution in [1.82, 2.24) is 11.0 Å². The zero-order chi connectivity index (χ0) is 7.40. The van der Waals surface area contributed by atoms with Gasteiger partial charge in [-0.3, -0.25) is 0 Å². The second-order valence-corrected chi connectivity index (χ2v) is 2.76. The van der Waals surface area contributed by atoms with Crippen molar-refractivity contribution < 1.29 is 10.4 Å². The summed E-state index contributed by atoms with van der Waals surface area (Å²) in [5.74, 6) is 0. The predicted molar refractivity (Wildman–Crippen MR) is 35.9 cm³/mol. The van der Waals surface area contributed by atoms with Crippen molar-refractivity contribution >= 4 is 0 Å². The monoisotopic (exact) mass is 146 g/mol. The van der Waals surface area contributed by atoms with Gasteiger partial charge in [0.25, 0.3) is 0 Å². The molecule has 0 aliphatic heterocycles. The molecule has 0 spiro atoms. The average molecular weight is 146 g/mol. The first-order valence-electron chi connectivity index (χ1n) is 3.67. The van der Waals surface area contributed by atoms with Gasteiger partial charge >= 0.3 is 0 Å². The highest BCUT2D eigenvalue weighted by Gasteiger charge is 2.23. The molecule has 1 saturated carbocycles. The van der Waals surface area contributed by atoms with Crippen molar-refractivity contribution in [2.75, 3.05) is 0 Å². The van der Waals surface area contributed by atoms with E-state index in [0.29, 0.717) is 0 Å². The molecule has 0 amide bonds. The van der Waals surface area contributed by atoms with E-state index in [9.17, 15) is 0 Å². The summed E-state index contributed by atoms with van der Waals surface area (Å²) in [6.45, 7) is 0. The highest BCUT2D eigenvalue weighted by atomic mass is 16.5. The molecule has 60 valence electrons. The third kappa shape index (κ3) is 1.67. The Hall–Kier alpha value is -0.160. The van der Waals surface area contributed by atoms with E-state index in [1.165, 1.54) is 0 Å². The average Bonchev–Trinajstić information content (AvgIpc) is 2.04. The standard InChI is InChI=1S/C6H14N2O2/c9-7-5-3-1-2-4-6(5)8-10/h5-10H,1-4H2/t5-,6-/m1/s1. The molecule has 0 radical (unpaired) electrons. The first-order valence-corrected chi connectivity index (χ1v) is 3.67. The van der Waals surface area contributed by atoms with Crippen LogP contribution < -0.4 is 11.0 Å². The zero-order valence-corrected chi connectivity index (χ0v) is 5.88. The summed E-state index contributed by atoms with van der Waals surface area (Å²) < 4.78 is 0. The van der Waals surface area contributed by atoms with Crippen molar-refractivity contribution in [2.45, 2.75) is 37.8 Å². The van der Waals surface area contributed by atoms with Crippen molar-refractivity contribution in [3.63, 3.8) is 0 Å². The number of hydrogen-bond donors (Lipinski definition) is 4. The molecule has 1 aliphatic carbocycles. The highest BCUT2D eigenvalue weighted by Crippen LogP contribution is 2.17. The molecule has 0 aromatic carbocycles. The maximum atomic E-state index is 8.59. The Morgan fingerprint density at radius 1 is 0.900 bits per heavy atom. The summed E-state index contributed by atoms with van der Waals surface area (Å²) in [7, 11) is 0. The molecule has 4 N–H and O–H groups in total. The zero-order valence-electron chi connectivity index (χ0n) is 5.88. The third-order valence-electron chi connectivity index (χ3n) is 2.10. The summed E-state index contributed by atoms with van der Waals surface area (Å²) in [6.07, 6.45) is 4.09. The van der Waals surface area contributed by atoms with E-state index in [4.69, 9.17) is 10.4 Å². The Kier molecular flexibility index (Phi) is 3.08. The van der Waals surface area contributed by atoms with E-state index in [1.54, 1.807) is 0 Å². The Balaban J connectivity index is 2.34. The fourth-order valence-corrected chi connectivity index (χ4v) is 1.44. The van der Waals surface area contributed by atoms with Gasteiger partial charge in [-0.05, 0) is 12.8 Å². The van der Waals surface area contributed by atoms with Crippen LogP contribution in [0.3, 0.4) is 0 Å². The molecule has 0 bridgehead atoms. The number of hydrogen-bond acceptors (Lipinski definition) is 4. The van der Waals surface area contributed by atoms with Gasteiger partial charge in [-0.2, -0.15) is 0 Å². The Labute approximate surface area is 60.2 Å². The van der Waals surface area contributed by atoms with Crippen LogP contribution in [0.4, 0.5) is 0 Å². The fourth-order valence-electron chi connectivity index (χ4n) is 1.44. The lowest BCUT2D eigenvalue weighted by Gasteiger charge is -2.28. The maximum Gasteiger partial charge on any atom is 0.0495 e. The molecule has 2 atom stereocenters. The highest BCUT2D eigenvalue weighted by molar-refractivity contribution is 4.81. The smallest absolute Gasteiger partial charge is 0.0495 e. The first-order chi connectivity index (χ1) is 4.88. The van der Waals surface area contributed by atoms with E-state index in [0.717, 1.165) is 25.7 Å². The van der Waals surface area contributed by atoms with Crippen molar-refractivity contribution in [3.05, 3.63) is 0 Å². The Bertz CT molecular complexity index is 87.7. The second-order valence-electron chi connectivity index (χ2n) is 2.76. The molecule has 0 aromatic heterocycles. The molecular formula is C6H14N2O2. The quantitative estimate of drug-likeness (QED) is 0.422. The van der Waals surface area contributed by atoms with Crippen LogP contribution in [0.2, 0.25) is 0 Å². The molecule has 4 nitrogen and oxygen atoms in total. The summed E-state index contributed by atoms with van der Waals surface area (Å²) in [5.41, 5.74) is 4.36. The molecule has 10 heavy (non-hydrogen) atoms. The summed E-state index contributed by atoms with van der Waals surface area (Å²) in [4.78, 5) is 0. The van der Waals surface area contributed by atoms with Crippen LogP contribution in [-0.2, 0) is 0 Å². The summed E-state index contributed by atoms with van der Waals surface area (Å²) in [5, 5.41) is 17.2. The van der Waals surface area contributed by atoms with Crippen LogP contribution in [0.5, 0.6) is 0 Å². The van der Waals surface area contributed by atoms with Crippen LogP contribution in [0.25, 0.3) is 0 Å². The largest absolute Gasteiger partial charge is 0.316 e. The third-order valence-corrected chi connectivity index (χ3v) is 2.10. The number of rotatable bonds is 2. The van der Waals surface area contributed by atoms with Gasteiger partial charge in [-0.15, -0.1) is 0 Å². The maximum absolute atomic E-state index is 8.59. The van der Waals surface area contributed by atoms with Gasteiger partial charge in [0.2, 0.25) is 0 Å². The molecule has 1 fully saturated rings. The number of nitrogens with one attached hydrogen (secondary N) is 2. The van der Waals surface area contributed by atoms with Crippen LogP contribution >= 0.6 is 0 Å². The van der Waals surface area contributed by atoms with Crippen molar-refractivity contribution in [2.24, 2.45) is 0 Å².